The van der Waals surface area contributed by atoms with Crippen LogP contribution < -0.4 is 10.1 Å². The van der Waals surface area contributed by atoms with Gasteiger partial charge in [-0.25, -0.2) is 9.03 Å². The number of aliphatic hydroxyl groups excluding tert-OH is 1. The van der Waals surface area contributed by atoms with Crippen molar-refractivity contribution < 1.29 is 14.6 Å². The number of hydrogen-bond donors (Lipinski definition) is 2. The van der Waals surface area contributed by atoms with Crippen molar-refractivity contribution in [1.29, 1.82) is 0 Å². The number of ether oxygens (including phenoxy) is 2. The van der Waals surface area contributed by atoms with Crippen molar-refractivity contribution in [1.82, 2.24) is 24.2 Å². The van der Waals surface area contributed by atoms with Gasteiger partial charge in [0.15, 0.2) is 0 Å². The van der Waals surface area contributed by atoms with Crippen LogP contribution in [0, 0.1) is 5.92 Å². The Morgan fingerprint density at radius 2 is 1.97 bits per heavy atom. The first-order valence-corrected chi connectivity index (χ1v) is 11.1. The lowest BCUT2D eigenvalue weighted by molar-refractivity contribution is 0.0571. The zero-order chi connectivity index (χ0) is 21.9. The molecule has 4 aromatic rings. The second kappa shape index (κ2) is 9.13. The van der Waals surface area contributed by atoms with Crippen LogP contribution >= 0.6 is 0 Å². The Bertz CT molecular complexity index is 1200. The monoisotopic (exact) mass is 436 g/mol. The second-order valence-corrected chi connectivity index (χ2v) is 8.24. The van der Waals surface area contributed by atoms with Crippen molar-refractivity contribution in [2.75, 3.05) is 32.2 Å². The van der Waals surface area contributed by atoms with Gasteiger partial charge in [0.05, 0.1) is 25.8 Å². The molecule has 1 aliphatic rings. The van der Waals surface area contributed by atoms with E-state index >= 15 is 0 Å². The standard InChI is InChI=1S/C23H28N6O3/c1-31-22-21-20(17-7-10-28-19(14-17)6-9-24-28)8-11-29(21)27-23(26-22)25-18-4-2-16(3-5-18)15-32-13-12-30/h6-11,14,16,18,30H,2-5,12-13,15H2,1H3,(H,25,27). The van der Waals surface area contributed by atoms with E-state index in [4.69, 9.17) is 19.7 Å². The third-order valence-electron chi connectivity index (χ3n) is 6.15. The zero-order valence-electron chi connectivity index (χ0n) is 18.1. The smallest absolute Gasteiger partial charge is 0.244 e. The molecule has 0 amide bonds. The van der Waals surface area contributed by atoms with Crippen LogP contribution in [0.2, 0.25) is 0 Å². The van der Waals surface area contributed by atoms with Crippen LogP contribution in [-0.2, 0) is 4.74 Å². The summed E-state index contributed by atoms with van der Waals surface area (Å²) in [7, 11) is 1.64. The third-order valence-corrected chi connectivity index (χ3v) is 6.15. The Morgan fingerprint density at radius 1 is 1.12 bits per heavy atom. The van der Waals surface area contributed by atoms with E-state index in [1.54, 1.807) is 13.3 Å². The van der Waals surface area contributed by atoms with Crippen LogP contribution in [0.5, 0.6) is 5.88 Å². The van der Waals surface area contributed by atoms with Gasteiger partial charge in [0.25, 0.3) is 0 Å². The summed E-state index contributed by atoms with van der Waals surface area (Å²) in [5.41, 5.74) is 3.94. The van der Waals surface area contributed by atoms with Crippen LogP contribution in [-0.4, -0.2) is 62.3 Å². The Balaban J connectivity index is 1.34. The van der Waals surface area contributed by atoms with Crippen molar-refractivity contribution in [3.8, 4) is 17.0 Å². The molecule has 9 nitrogen and oxygen atoms in total. The molecule has 0 bridgehead atoms. The summed E-state index contributed by atoms with van der Waals surface area (Å²) in [4.78, 5) is 4.67. The minimum atomic E-state index is 0.0813. The second-order valence-electron chi connectivity index (χ2n) is 8.24. The molecule has 9 heteroatoms. The molecule has 1 saturated carbocycles. The number of fused-ring (bicyclic) bond motifs is 2. The number of methoxy groups -OCH3 is 1. The average molecular weight is 437 g/mol. The summed E-state index contributed by atoms with van der Waals surface area (Å²) >= 11 is 0. The lowest BCUT2D eigenvalue weighted by Gasteiger charge is -2.29. The molecule has 0 atom stereocenters. The number of nitrogens with one attached hydrogen (secondary N) is 1. The number of anilines is 1. The number of nitrogens with zero attached hydrogens (tertiary/aromatic N) is 5. The third kappa shape index (κ3) is 4.13. The van der Waals surface area contributed by atoms with Crippen LogP contribution in [0.1, 0.15) is 25.7 Å². The van der Waals surface area contributed by atoms with E-state index in [-0.39, 0.29) is 6.61 Å². The van der Waals surface area contributed by atoms with E-state index < -0.39 is 0 Å². The summed E-state index contributed by atoms with van der Waals surface area (Å²) in [5.74, 6) is 1.67. The summed E-state index contributed by atoms with van der Waals surface area (Å²) in [5, 5.41) is 21.3. The van der Waals surface area contributed by atoms with E-state index in [0.29, 0.717) is 30.4 Å². The van der Waals surface area contributed by atoms with Gasteiger partial charge in [-0.1, -0.05) is 0 Å². The summed E-state index contributed by atoms with van der Waals surface area (Å²) in [6, 6.07) is 8.46. The van der Waals surface area contributed by atoms with E-state index in [1.807, 2.05) is 39.6 Å². The van der Waals surface area contributed by atoms with Crippen molar-refractivity contribution in [3.63, 3.8) is 0 Å². The van der Waals surface area contributed by atoms with E-state index in [9.17, 15) is 0 Å². The first kappa shape index (κ1) is 20.7. The summed E-state index contributed by atoms with van der Waals surface area (Å²) < 4.78 is 14.8. The Morgan fingerprint density at radius 3 is 2.78 bits per heavy atom. The normalized spacial score (nSPS) is 18.9. The highest BCUT2D eigenvalue weighted by Crippen LogP contribution is 2.32. The van der Waals surface area contributed by atoms with Gasteiger partial charge in [-0.3, -0.25) is 0 Å². The highest BCUT2D eigenvalue weighted by atomic mass is 16.5. The van der Waals surface area contributed by atoms with Crippen molar-refractivity contribution in [2.24, 2.45) is 5.92 Å². The molecule has 0 unspecified atom stereocenters. The predicted octanol–water partition coefficient (Wildman–Crippen LogP) is 3.03. The van der Waals surface area contributed by atoms with E-state index in [1.165, 1.54) is 0 Å². The van der Waals surface area contributed by atoms with Crippen molar-refractivity contribution in [3.05, 3.63) is 42.9 Å². The Kier molecular flexibility index (Phi) is 5.91. The van der Waals surface area contributed by atoms with Gasteiger partial charge in [0.2, 0.25) is 11.8 Å². The molecule has 168 valence electrons. The van der Waals surface area contributed by atoms with Crippen LogP contribution in [0.4, 0.5) is 5.95 Å². The lowest BCUT2D eigenvalue weighted by atomic mass is 9.86. The van der Waals surface area contributed by atoms with E-state index in [2.05, 4.69) is 21.5 Å². The van der Waals surface area contributed by atoms with Gasteiger partial charge >= 0.3 is 0 Å². The van der Waals surface area contributed by atoms with Gasteiger partial charge < -0.3 is 19.9 Å². The topological polar surface area (TPSA) is 98.2 Å². The molecule has 0 aromatic carbocycles. The predicted molar refractivity (Wildman–Crippen MR) is 121 cm³/mol. The minimum absolute atomic E-state index is 0.0813. The number of pyridine rings is 1. The maximum atomic E-state index is 8.85. The molecule has 32 heavy (non-hydrogen) atoms. The molecule has 0 radical (unpaired) electrons. The molecule has 2 N–H and O–H groups in total. The van der Waals surface area contributed by atoms with Crippen molar-refractivity contribution >= 4 is 17.0 Å². The Labute approximate surface area is 186 Å². The molecule has 0 spiro atoms. The molecule has 0 saturated heterocycles. The lowest BCUT2D eigenvalue weighted by Crippen LogP contribution is -2.29. The fourth-order valence-electron chi connectivity index (χ4n) is 4.49. The molecule has 1 aliphatic carbocycles. The maximum Gasteiger partial charge on any atom is 0.244 e. The fraction of sp³-hybridized carbons (Fsp3) is 0.435. The van der Waals surface area contributed by atoms with Gasteiger partial charge in [-0.05, 0) is 61.4 Å². The molecule has 1 fully saturated rings. The molecule has 5 rings (SSSR count). The van der Waals surface area contributed by atoms with Crippen LogP contribution in [0.15, 0.2) is 42.9 Å². The van der Waals surface area contributed by atoms with Gasteiger partial charge in [-0.15, -0.1) is 5.10 Å². The summed E-state index contributed by atoms with van der Waals surface area (Å²) in [6.45, 7) is 1.22. The van der Waals surface area contributed by atoms with Crippen LogP contribution in [0.3, 0.4) is 0 Å². The molecule has 0 aliphatic heterocycles. The van der Waals surface area contributed by atoms with Gasteiger partial charge in [0.1, 0.15) is 5.52 Å². The number of aliphatic hydroxyl groups is 1. The molecular formula is C23H28N6O3. The minimum Gasteiger partial charge on any atom is -0.479 e. The highest BCUT2D eigenvalue weighted by molar-refractivity contribution is 5.85. The molecule has 4 aromatic heterocycles. The maximum absolute atomic E-state index is 8.85. The number of hydrogen-bond acceptors (Lipinski definition) is 7. The van der Waals surface area contributed by atoms with Gasteiger partial charge in [-0.2, -0.15) is 10.1 Å². The first-order chi connectivity index (χ1) is 15.7. The quantitative estimate of drug-likeness (QED) is 0.410. The molecular weight excluding hydrogens is 408 g/mol. The number of aromatic nitrogens is 5. The number of rotatable bonds is 8. The highest BCUT2D eigenvalue weighted by Gasteiger charge is 2.23. The SMILES string of the molecule is COc1nc(NC2CCC(COCCO)CC2)nn2ccc(-c3ccn4nccc4c3)c12. The van der Waals surface area contributed by atoms with Gasteiger partial charge in [0, 0.05) is 36.8 Å². The fourth-order valence-corrected chi connectivity index (χ4v) is 4.49. The van der Waals surface area contributed by atoms with Crippen LogP contribution in [0.25, 0.3) is 22.2 Å². The zero-order valence-corrected chi connectivity index (χ0v) is 18.1. The largest absolute Gasteiger partial charge is 0.479 e. The first-order valence-electron chi connectivity index (χ1n) is 11.1. The van der Waals surface area contributed by atoms with Crippen molar-refractivity contribution in [2.45, 2.75) is 31.7 Å². The van der Waals surface area contributed by atoms with E-state index in [0.717, 1.165) is 54.5 Å². The average Bonchev–Trinajstić information content (AvgIpc) is 3.46. The Hall–Kier alpha value is -3.17. The summed E-state index contributed by atoms with van der Waals surface area (Å²) in [6.07, 6.45) is 9.94. The molecule has 4 heterocycles.